The number of ether oxygens (including phenoxy) is 2. The molecule has 1 fully saturated rings. The maximum absolute atomic E-state index is 12.3. The van der Waals surface area contributed by atoms with Crippen LogP contribution in [0, 0.1) is 6.92 Å². The Balaban J connectivity index is 1.60. The summed E-state index contributed by atoms with van der Waals surface area (Å²) in [6, 6.07) is 5.67. The van der Waals surface area contributed by atoms with Gasteiger partial charge in [-0.1, -0.05) is 12.1 Å². The molecule has 0 radical (unpaired) electrons. The first-order valence-corrected chi connectivity index (χ1v) is 9.03. The molecule has 0 saturated carbocycles. The lowest BCUT2D eigenvalue weighted by Crippen LogP contribution is -2.29. The Kier molecular flexibility index (Phi) is 6.21. The molecule has 1 aromatic carbocycles. The maximum Gasteiger partial charge on any atom is 0.573 e. The van der Waals surface area contributed by atoms with Crippen LogP contribution in [-0.2, 0) is 4.74 Å². The number of rotatable bonds is 6. The van der Waals surface area contributed by atoms with Crippen LogP contribution in [0.1, 0.15) is 47.0 Å². The summed E-state index contributed by atoms with van der Waals surface area (Å²) < 4.78 is 46.8. The van der Waals surface area contributed by atoms with Crippen molar-refractivity contribution in [2.75, 3.05) is 11.9 Å². The summed E-state index contributed by atoms with van der Waals surface area (Å²) in [6.45, 7) is 2.05. The number of nitrogens with one attached hydrogen (secondary N) is 1. The van der Waals surface area contributed by atoms with E-state index in [1.54, 1.807) is 19.1 Å². The fourth-order valence-corrected chi connectivity index (χ4v) is 3.23. The van der Waals surface area contributed by atoms with Crippen LogP contribution in [0.3, 0.4) is 0 Å². The van der Waals surface area contributed by atoms with Crippen molar-refractivity contribution in [3.63, 3.8) is 0 Å². The van der Waals surface area contributed by atoms with E-state index in [0.717, 1.165) is 24.8 Å². The molecule has 10 heteroatoms. The van der Waals surface area contributed by atoms with E-state index >= 15 is 0 Å². The zero-order valence-corrected chi connectivity index (χ0v) is 15.6. The number of alkyl halides is 3. The van der Waals surface area contributed by atoms with Crippen molar-refractivity contribution in [1.29, 1.82) is 0 Å². The molecule has 0 aliphatic carbocycles. The van der Waals surface area contributed by atoms with Gasteiger partial charge in [-0.15, -0.1) is 13.2 Å². The van der Waals surface area contributed by atoms with E-state index in [0.29, 0.717) is 17.9 Å². The van der Waals surface area contributed by atoms with Gasteiger partial charge < -0.3 is 19.9 Å². The molecule has 156 valence electrons. The number of carboxylic acids is 1. The Hall–Kier alpha value is -2.88. The van der Waals surface area contributed by atoms with Crippen LogP contribution in [0.5, 0.6) is 5.75 Å². The molecule has 29 heavy (non-hydrogen) atoms. The smallest absolute Gasteiger partial charge is 0.476 e. The second-order valence-corrected chi connectivity index (χ2v) is 6.68. The number of carboxylic acid groups (broad SMARTS) is 1. The highest BCUT2D eigenvalue weighted by molar-refractivity contribution is 5.88. The fraction of sp³-hybridized carbons (Fsp3) is 0.421. The summed E-state index contributed by atoms with van der Waals surface area (Å²) in [5, 5.41) is 12.2. The monoisotopic (exact) mass is 411 g/mol. The van der Waals surface area contributed by atoms with Gasteiger partial charge in [0, 0.05) is 12.1 Å². The van der Waals surface area contributed by atoms with Crippen molar-refractivity contribution in [3.05, 3.63) is 47.4 Å². The molecule has 0 bridgehead atoms. The normalized spacial score (nSPS) is 19.6. The van der Waals surface area contributed by atoms with Crippen LogP contribution in [0.4, 0.5) is 19.0 Å². The lowest BCUT2D eigenvalue weighted by molar-refractivity contribution is -0.274. The molecule has 1 unspecified atom stereocenters. The van der Waals surface area contributed by atoms with E-state index < -0.39 is 12.3 Å². The van der Waals surface area contributed by atoms with Gasteiger partial charge in [0.15, 0.2) is 5.69 Å². The highest BCUT2D eigenvalue weighted by Crippen LogP contribution is 2.33. The van der Waals surface area contributed by atoms with Gasteiger partial charge in [0.1, 0.15) is 17.9 Å². The Bertz CT molecular complexity index is 859. The van der Waals surface area contributed by atoms with Gasteiger partial charge in [-0.3, -0.25) is 0 Å². The lowest BCUT2D eigenvalue weighted by atomic mass is 9.98. The van der Waals surface area contributed by atoms with Crippen molar-refractivity contribution in [1.82, 2.24) is 9.97 Å². The van der Waals surface area contributed by atoms with Crippen LogP contribution in [0.25, 0.3) is 0 Å². The van der Waals surface area contributed by atoms with E-state index in [1.165, 1.54) is 18.5 Å². The van der Waals surface area contributed by atoms with Gasteiger partial charge in [-0.05, 0) is 43.9 Å². The Morgan fingerprint density at radius 3 is 2.66 bits per heavy atom. The molecular formula is C19H20F3N3O4. The van der Waals surface area contributed by atoms with E-state index in [2.05, 4.69) is 20.0 Å². The van der Waals surface area contributed by atoms with Gasteiger partial charge >= 0.3 is 12.3 Å². The molecule has 3 rings (SSSR count). The number of benzene rings is 1. The molecule has 0 spiro atoms. The minimum absolute atomic E-state index is 0.0638. The third-order valence-corrected chi connectivity index (χ3v) is 4.62. The largest absolute Gasteiger partial charge is 0.573 e. The van der Waals surface area contributed by atoms with Gasteiger partial charge in [-0.25, -0.2) is 14.8 Å². The minimum Gasteiger partial charge on any atom is -0.476 e. The first-order chi connectivity index (χ1) is 13.7. The minimum atomic E-state index is -4.72. The average molecular weight is 411 g/mol. The first kappa shape index (κ1) is 20.8. The van der Waals surface area contributed by atoms with Gasteiger partial charge in [0.05, 0.1) is 12.2 Å². The maximum atomic E-state index is 12.3. The Labute approximate surface area is 164 Å². The van der Waals surface area contributed by atoms with Crippen LogP contribution in [-0.4, -0.2) is 40.1 Å². The zero-order valence-electron chi connectivity index (χ0n) is 15.6. The summed E-state index contributed by atoms with van der Waals surface area (Å²) in [5.41, 5.74) is 1.15. The molecular weight excluding hydrogens is 391 g/mol. The highest BCUT2D eigenvalue weighted by Gasteiger charge is 2.31. The quantitative estimate of drug-likeness (QED) is 0.739. The molecule has 2 heterocycles. The molecule has 2 aromatic rings. The first-order valence-electron chi connectivity index (χ1n) is 9.03. The topological polar surface area (TPSA) is 93.6 Å². The molecule has 1 aromatic heterocycles. The molecule has 1 aliphatic rings. The zero-order chi connectivity index (χ0) is 21.0. The molecule has 7 nitrogen and oxygen atoms in total. The summed E-state index contributed by atoms with van der Waals surface area (Å²) in [7, 11) is 0. The predicted molar refractivity (Wildman–Crippen MR) is 96.8 cm³/mol. The number of halogens is 3. The third kappa shape index (κ3) is 5.57. The third-order valence-electron chi connectivity index (χ3n) is 4.62. The number of aromatic nitrogens is 2. The fourth-order valence-electron chi connectivity index (χ4n) is 3.23. The number of anilines is 1. The molecule has 0 amide bonds. The van der Waals surface area contributed by atoms with Crippen molar-refractivity contribution < 1.29 is 32.5 Å². The van der Waals surface area contributed by atoms with Crippen LogP contribution in [0.2, 0.25) is 0 Å². The van der Waals surface area contributed by atoms with Gasteiger partial charge in [0.25, 0.3) is 0 Å². The summed E-state index contributed by atoms with van der Waals surface area (Å²) in [4.78, 5) is 19.0. The number of aromatic carboxylic acids is 1. The van der Waals surface area contributed by atoms with E-state index in [-0.39, 0.29) is 23.7 Å². The second-order valence-electron chi connectivity index (χ2n) is 6.68. The van der Waals surface area contributed by atoms with Crippen molar-refractivity contribution in [2.24, 2.45) is 0 Å². The Morgan fingerprint density at radius 1 is 1.28 bits per heavy atom. The number of hydrogen-bond acceptors (Lipinski definition) is 6. The Morgan fingerprint density at radius 2 is 2.00 bits per heavy atom. The average Bonchev–Trinajstić information content (AvgIpc) is 2.66. The number of nitrogens with zero attached hydrogens (tertiary/aromatic N) is 2. The van der Waals surface area contributed by atoms with Gasteiger partial charge in [0.2, 0.25) is 0 Å². The predicted octanol–water partition coefficient (Wildman–Crippen LogP) is 4.10. The molecule has 2 atom stereocenters. The lowest BCUT2D eigenvalue weighted by Gasteiger charge is -2.31. The van der Waals surface area contributed by atoms with E-state index in [9.17, 15) is 18.0 Å². The molecule has 1 aliphatic heterocycles. The molecule has 1 saturated heterocycles. The number of carbonyl (C=O) groups is 1. The standard InChI is InChI=1S/C19H20F3N3O4/c1-11-16(18(26)27)24-10-25-17(11)23-9-14-3-2-4-15(28-14)12-5-7-13(8-6-12)29-19(20,21)22/h5-8,10,14-15H,2-4,9H2,1H3,(H,26,27)(H,23,24,25)/t14?,15-/m1/s1. The second kappa shape index (κ2) is 8.64. The highest BCUT2D eigenvalue weighted by atomic mass is 19.4. The van der Waals surface area contributed by atoms with Crippen LogP contribution >= 0.6 is 0 Å². The van der Waals surface area contributed by atoms with Crippen molar-refractivity contribution in [2.45, 2.75) is 44.8 Å². The van der Waals surface area contributed by atoms with Crippen LogP contribution < -0.4 is 10.1 Å². The molecule has 2 N–H and O–H groups in total. The SMILES string of the molecule is Cc1c(NCC2CCC[C@H](c3ccc(OC(F)(F)F)cc3)O2)ncnc1C(=O)O. The van der Waals surface area contributed by atoms with Crippen LogP contribution in [0.15, 0.2) is 30.6 Å². The summed E-state index contributed by atoms with van der Waals surface area (Å²) in [6.07, 6.45) is -1.48. The summed E-state index contributed by atoms with van der Waals surface area (Å²) in [5.74, 6) is -0.972. The van der Waals surface area contributed by atoms with Gasteiger partial charge in [-0.2, -0.15) is 0 Å². The van der Waals surface area contributed by atoms with E-state index in [4.69, 9.17) is 9.84 Å². The van der Waals surface area contributed by atoms with E-state index in [1.807, 2.05) is 0 Å². The summed E-state index contributed by atoms with van der Waals surface area (Å²) >= 11 is 0. The van der Waals surface area contributed by atoms with Crippen molar-refractivity contribution >= 4 is 11.8 Å². The number of hydrogen-bond donors (Lipinski definition) is 2. The van der Waals surface area contributed by atoms with Crippen molar-refractivity contribution in [3.8, 4) is 5.75 Å².